The number of hydrogen-bond acceptors (Lipinski definition) is 3. The lowest BCUT2D eigenvalue weighted by Gasteiger charge is -2.50. The Morgan fingerprint density at radius 2 is 2.00 bits per heavy atom. The summed E-state index contributed by atoms with van der Waals surface area (Å²) >= 11 is 0. The average Bonchev–Trinajstić information content (AvgIpc) is 2.34. The van der Waals surface area contributed by atoms with Gasteiger partial charge in [0.1, 0.15) is 12.6 Å². The number of likely N-dealkylation sites (tertiary alicyclic amines) is 1. The summed E-state index contributed by atoms with van der Waals surface area (Å²) in [6.07, 6.45) is -0.574. The van der Waals surface area contributed by atoms with E-state index in [1.165, 1.54) is 4.90 Å². The Morgan fingerprint density at radius 3 is 2.53 bits per heavy atom. The molecule has 19 heavy (non-hydrogen) atoms. The number of aliphatic carboxylic acids is 1. The highest BCUT2D eigenvalue weighted by Crippen LogP contribution is 2.37. The smallest absolute Gasteiger partial charge is 0.410 e. The molecule has 1 saturated heterocycles. The Labute approximate surface area is 111 Å². The monoisotopic (exact) mass is 263 g/mol. The predicted molar refractivity (Wildman–Crippen MR) is 68.5 cm³/mol. The van der Waals surface area contributed by atoms with Crippen LogP contribution >= 0.6 is 0 Å². The van der Waals surface area contributed by atoms with Crippen molar-refractivity contribution in [1.29, 1.82) is 0 Å². The number of carbonyl (C=O) groups is 2. The van der Waals surface area contributed by atoms with Crippen LogP contribution in [0.5, 0.6) is 0 Å². The third-order valence-electron chi connectivity index (χ3n) is 3.30. The van der Waals surface area contributed by atoms with Crippen molar-refractivity contribution in [3.8, 4) is 0 Å². The molecule has 5 heteroatoms. The fourth-order valence-corrected chi connectivity index (χ4v) is 2.37. The molecule has 5 nitrogen and oxygen atoms in total. The molecule has 1 atom stereocenters. The van der Waals surface area contributed by atoms with Gasteiger partial charge in [0.05, 0.1) is 0 Å². The van der Waals surface area contributed by atoms with E-state index in [1.54, 1.807) is 0 Å². The van der Waals surface area contributed by atoms with Gasteiger partial charge in [-0.3, -0.25) is 4.90 Å². The van der Waals surface area contributed by atoms with E-state index < -0.39 is 23.5 Å². The van der Waals surface area contributed by atoms with Crippen LogP contribution < -0.4 is 0 Å². The molecular formula is C14H17NO4. The largest absolute Gasteiger partial charge is 0.480 e. The van der Waals surface area contributed by atoms with Crippen LogP contribution in [-0.4, -0.2) is 34.7 Å². The van der Waals surface area contributed by atoms with Crippen molar-refractivity contribution < 1.29 is 19.4 Å². The molecule has 1 aromatic rings. The number of carbonyl (C=O) groups excluding carboxylic acids is 1. The highest BCUT2D eigenvalue weighted by atomic mass is 16.6. The van der Waals surface area contributed by atoms with Crippen molar-refractivity contribution in [1.82, 2.24) is 4.90 Å². The van der Waals surface area contributed by atoms with E-state index >= 15 is 0 Å². The summed E-state index contributed by atoms with van der Waals surface area (Å²) in [6, 6.07) is 8.48. The molecule has 1 heterocycles. The molecule has 1 aliphatic rings. The number of nitrogens with zero attached hydrogens (tertiary/aromatic N) is 1. The Kier molecular flexibility index (Phi) is 3.46. The summed E-state index contributed by atoms with van der Waals surface area (Å²) in [4.78, 5) is 24.2. The molecule has 0 unspecified atom stereocenters. The maximum Gasteiger partial charge on any atom is 0.410 e. The van der Waals surface area contributed by atoms with E-state index in [4.69, 9.17) is 9.84 Å². The molecule has 1 amide bonds. The zero-order valence-electron chi connectivity index (χ0n) is 11.0. The van der Waals surface area contributed by atoms with Gasteiger partial charge in [-0.2, -0.15) is 0 Å². The normalized spacial score (nSPS) is 20.5. The zero-order chi connectivity index (χ0) is 14.0. The third kappa shape index (κ3) is 2.70. The third-order valence-corrected chi connectivity index (χ3v) is 3.30. The van der Waals surface area contributed by atoms with Gasteiger partial charge in [-0.15, -0.1) is 0 Å². The van der Waals surface area contributed by atoms with Gasteiger partial charge in [0.25, 0.3) is 0 Å². The number of carboxylic acids is 1. The molecule has 0 aromatic heterocycles. The van der Waals surface area contributed by atoms with Crippen molar-refractivity contribution in [2.45, 2.75) is 26.5 Å². The molecule has 1 N–H and O–H groups in total. The maximum atomic E-state index is 11.8. The molecule has 2 rings (SSSR count). The van der Waals surface area contributed by atoms with E-state index in [9.17, 15) is 9.59 Å². The molecule has 102 valence electrons. The second-order valence-corrected chi connectivity index (χ2v) is 5.40. The van der Waals surface area contributed by atoms with Gasteiger partial charge in [0, 0.05) is 12.0 Å². The van der Waals surface area contributed by atoms with Crippen LogP contribution in [0.2, 0.25) is 0 Å². The van der Waals surface area contributed by atoms with E-state index in [0.717, 1.165) is 5.56 Å². The molecule has 0 bridgehead atoms. The molecule has 0 saturated carbocycles. The SMILES string of the molecule is CC1(C)CN(C(=O)OCc2ccccc2)[C@@H]1C(=O)O. The predicted octanol–water partition coefficient (Wildman–Crippen LogP) is 2.12. The molecule has 0 aliphatic carbocycles. The van der Waals surface area contributed by atoms with Gasteiger partial charge in [0.15, 0.2) is 0 Å². The highest BCUT2D eigenvalue weighted by Gasteiger charge is 2.53. The summed E-state index contributed by atoms with van der Waals surface area (Å²) in [7, 11) is 0. The first-order valence-electron chi connectivity index (χ1n) is 6.12. The Hall–Kier alpha value is -2.04. The maximum absolute atomic E-state index is 11.8. The summed E-state index contributed by atoms with van der Waals surface area (Å²) < 4.78 is 5.13. The first kappa shape index (κ1) is 13.4. The van der Waals surface area contributed by atoms with Crippen molar-refractivity contribution in [2.24, 2.45) is 5.41 Å². The number of carboxylic acid groups (broad SMARTS) is 1. The van der Waals surface area contributed by atoms with Crippen molar-refractivity contribution in [3.63, 3.8) is 0 Å². The Morgan fingerprint density at radius 1 is 1.37 bits per heavy atom. The minimum Gasteiger partial charge on any atom is -0.480 e. The second-order valence-electron chi connectivity index (χ2n) is 5.40. The van der Waals surface area contributed by atoms with Crippen molar-refractivity contribution in [2.75, 3.05) is 6.54 Å². The first-order chi connectivity index (χ1) is 8.92. The van der Waals surface area contributed by atoms with E-state index in [-0.39, 0.29) is 6.61 Å². The summed E-state index contributed by atoms with van der Waals surface area (Å²) in [5.74, 6) is -0.993. The van der Waals surface area contributed by atoms with Crippen LogP contribution in [-0.2, 0) is 16.1 Å². The van der Waals surface area contributed by atoms with Gasteiger partial charge in [0.2, 0.25) is 0 Å². The highest BCUT2D eigenvalue weighted by molar-refractivity contribution is 5.83. The standard InChI is InChI=1S/C14H17NO4/c1-14(2)9-15(11(14)12(16)17)13(18)19-8-10-6-4-3-5-7-10/h3-7,11H,8-9H2,1-2H3,(H,16,17)/t11-/m1/s1. The quantitative estimate of drug-likeness (QED) is 0.907. The summed E-state index contributed by atoms with van der Waals surface area (Å²) in [5, 5.41) is 9.12. The van der Waals surface area contributed by atoms with Crippen LogP contribution in [0.25, 0.3) is 0 Å². The topological polar surface area (TPSA) is 66.8 Å². The fourth-order valence-electron chi connectivity index (χ4n) is 2.37. The van der Waals surface area contributed by atoms with Crippen LogP contribution in [0.4, 0.5) is 4.79 Å². The molecule has 1 aliphatic heterocycles. The van der Waals surface area contributed by atoms with E-state index in [0.29, 0.717) is 6.54 Å². The van der Waals surface area contributed by atoms with Crippen molar-refractivity contribution >= 4 is 12.1 Å². The van der Waals surface area contributed by atoms with Crippen LogP contribution in [0.15, 0.2) is 30.3 Å². The number of hydrogen-bond donors (Lipinski definition) is 1. The fraction of sp³-hybridized carbons (Fsp3) is 0.429. The van der Waals surface area contributed by atoms with Crippen molar-refractivity contribution in [3.05, 3.63) is 35.9 Å². The van der Waals surface area contributed by atoms with Crippen LogP contribution in [0, 0.1) is 5.41 Å². The summed E-state index contributed by atoms with van der Waals surface area (Å²) in [6.45, 7) is 4.21. The zero-order valence-corrected chi connectivity index (χ0v) is 11.0. The molecule has 1 fully saturated rings. The van der Waals surface area contributed by atoms with E-state index in [2.05, 4.69) is 0 Å². The second kappa shape index (κ2) is 4.91. The minimum atomic E-state index is -0.993. The number of amides is 1. The molecule has 0 spiro atoms. The summed E-state index contributed by atoms with van der Waals surface area (Å²) in [5.41, 5.74) is 0.472. The number of benzene rings is 1. The minimum absolute atomic E-state index is 0.156. The lowest BCUT2D eigenvalue weighted by atomic mass is 9.75. The molecule has 1 aromatic carbocycles. The van der Waals surface area contributed by atoms with Crippen LogP contribution in [0.1, 0.15) is 19.4 Å². The Bertz CT molecular complexity index is 483. The lowest BCUT2D eigenvalue weighted by molar-refractivity contribution is -0.158. The molecule has 0 radical (unpaired) electrons. The first-order valence-corrected chi connectivity index (χ1v) is 6.12. The molecular weight excluding hydrogens is 246 g/mol. The van der Waals surface area contributed by atoms with Gasteiger partial charge in [-0.1, -0.05) is 44.2 Å². The van der Waals surface area contributed by atoms with Crippen LogP contribution in [0.3, 0.4) is 0 Å². The van der Waals surface area contributed by atoms with Gasteiger partial charge >= 0.3 is 12.1 Å². The van der Waals surface area contributed by atoms with Gasteiger partial charge < -0.3 is 9.84 Å². The van der Waals surface area contributed by atoms with Gasteiger partial charge in [-0.05, 0) is 5.56 Å². The average molecular weight is 263 g/mol. The Balaban J connectivity index is 1.93. The number of rotatable bonds is 3. The van der Waals surface area contributed by atoms with Gasteiger partial charge in [-0.25, -0.2) is 9.59 Å². The number of ether oxygens (including phenoxy) is 1. The lowest BCUT2D eigenvalue weighted by Crippen LogP contribution is -2.67. The van der Waals surface area contributed by atoms with E-state index in [1.807, 2.05) is 44.2 Å².